The summed E-state index contributed by atoms with van der Waals surface area (Å²) in [5, 5.41) is 3.90. The number of benzene rings is 3. The lowest BCUT2D eigenvalue weighted by atomic mass is 10.1. The molecule has 0 saturated carbocycles. The molecule has 0 bridgehead atoms. The topological polar surface area (TPSA) is 86.2 Å². The van der Waals surface area contributed by atoms with E-state index in [1.165, 1.54) is 13.3 Å². The number of esters is 1. The zero-order chi connectivity index (χ0) is 22.1. The Hall–Kier alpha value is -4.13. The first kappa shape index (κ1) is 21.6. The van der Waals surface area contributed by atoms with Crippen LogP contribution >= 0.6 is 0 Å². The first-order chi connectivity index (χ1) is 15.0. The molecular formula is C24H22N2O5. The minimum Gasteiger partial charge on any atom is -0.493 e. The summed E-state index contributed by atoms with van der Waals surface area (Å²) in [5.41, 5.74) is 4.66. The number of para-hydroxylation sites is 2. The standard InChI is InChI=1S/C24H22N2O5/c1-17-7-11-19(12-8-17)24(28)31-20-13-9-18(10-14-20)15-25-26-23(27)16-30-22-6-4-3-5-21(22)29-2/h3-15H,16H2,1-2H3,(H,26,27). The number of hydrogen-bond acceptors (Lipinski definition) is 6. The minimum absolute atomic E-state index is 0.203. The first-order valence-electron chi connectivity index (χ1n) is 9.52. The SMILES string of the molecule is COc1ccccc1OCC(=O)NN=Cc1ccc(OC(=O)c2ccc(C)cc2)cc1. The molecule has 0 aliphatic heterocycles. The van der Waals surface area contributed by atoms with E-state index in [2.05, 4.69) is 10.5 Å². The number of ether oxygens (including phenoxy) is 3. The van der Waals surface area contributed by atoms with Crippen molar-refractivity contribution < 1.29 is 23.8 Å². The van der Waals surface area contributed by atoms with E-state index in [4.69, 9.17) is 14.2 Å². The van der Waals surface area contributed by atoms with Gasteiger partial charge in [-0.3, -0.25) is 4.79 Å². The number of carbonyl (C=O) groups excluding carboxylic acids is 2. The average Bonchev–Trinajstić information content (AvgIpc) is 2.79. The van der Waals surface area contributed by atoms with Crippen LogP contribution in [0, 0.1) is 6.92 Å². The summed E-state index contributed by atoms with van der Waals surface area (Å²) < 4.78 is 15.9. The van der Waals surface area contributed by atoms with E-state index in [9.17, 15) is 9.59 Å². The molecule has 158 valence electrons. The van der Waals surface area contributed by atoms with Crippen LogP contribution in [0.5, 0.6) is 17.2 Å². The van der Waals surface area contributed by atoms with Crippen molar-refractivity contribution in [1.82, 2.24) is 5.43 Å². The fourth-order valence-corrected chi connectivity index (χ4v) is 2.57. The van der Waals surface area contributed by atoms with Crippen LogP contribution in [0.15, 0.2) is 77.9 Å². The fourth-order valence-electron chi connectivity index (χ4n) is 2.57. The van der Waals surface area contributed by atoms with Gasteiger partial charge in [0.15, 0.2) is 18.1 Å². The molecule has 0 atom stereocenters. The summed E-state index contributed by atoms with van der Waals surface area (Å²) in [4.78, 5) is 24.0. The van der Waals surface area contributed by atoms with Crippen LogP contribution in [-0.2, 0) is 4.79 Å². The summed E-state index contributed by atoms with van der Waals surface area (Å²) in [6.07, 6.45) is 1.48. The van der Waals surface area contributed by atoms with E-state index in [1.807, 2.05) is 25.1 Å². The van der Waals surface area contributed by atoms with Crippen LogP contribution in [0.4, 0.5) is 0 Å². The molecule has 1 N–H and O–H groups in total. The Labute approximate surface area is 180 Å². The van der Waals surface area contributed by atoms with E-state index in [0.717, 1.165) is 11.1 Å². The summed E-state index contributed by atoms with van der Waals surface area (Å²) in [7, 11) is 1.53. The second-order valence-corrected chi connectivity index (χ2v) is 6.56. The van der Waals surface area contributed by atoms with Gasteiger partial charge < -0.3 is 14.2 Å². The Kier molecular flexibility index (Phi) is 7.37. The molecule has 0 aliphatic rings. The lowest BCUT2D eigenvalue weighted by Gasteiger charge is -2.09. The van der Waals surface area contributed by atoms with Crippen molar-refractivity contribution in [2.45, 2.75) is 6.92 Å². The number of rotatable bonds is 8. The zero-order valence-corrected chi connectivity index (χ0v) is 17.2. The van der Waals surface area contributed by atoms with Gasteiger partial charge in [-0.25, -0.2) is 10.2 Å². The van der Waals surface area contributed by atoms with Crippen molar-refractivity contribution >= 4 is 18.1 Å². The number of nitrogens with zero attached hydrogens (tertiary/aromatic N) is 1. The molecule has 7 heteroatoms. The van der Waals surface area contributed by atoms with Crippen molar-refractivity contribution in [3.05, 3.63) is 89.5 Å². The number of nitrogens with one attached hydrogen (secondary N) is 1. The highest BCUT2D eigenvalue weighted by Crippen LogP contribution is 2.25. The van der Waals surface area contributed by atoms with E-state index in [-0.39, 0.29) is 6.61 Å². The number of hydrazone groups is 1. The zero-order valence-electron chi connectivity index (χ0n) is 17.2. The lowest BCUT2D eigenvalue weighted by molar-refractivity contribution is -0.123. The molecule has 0 aromatic heterocycles. The smallest absolute Gasteiger partial charge is 0.343 e. The third-order valence-corrected chi connectivity index (χ3v) is 4.21. The molecule has 0 unspecified atom stereocenters. The van der Waals surface area contributed by atoms with Gasteiger partial charge in [-0.1, -0.05) is 29.8 Å². The van der Waals surface area contributed by atoms with Gasteiger partial charge in [0, 0.05) is 0 Å². The molecule has 0 saturated heterocycles. The maximum atomic E-state index is 12.1. The Balaban J connectivity index is 1.47. The maximum Gasteiger partial charge on any atom is 0.343 e. The third-order valence-electron chi connectivity index (χ3n) is 4.21. The van der Waals surface area contributed by atoms with Crippen LogP contribution in [0.1, 0.15) is 21.5 Å². The molecule has 3 aromatic carbocycles. The minimum atomic E-state index is -0.427. The molecule has 3 rings (SSSR count). The second kappa shape index (κ2) is 10.6. The van der Waals surface area contributed by atoms with E-state index in [1.54, 1.807) is 54.6 Å². The lowest BCUT2D eigenvalue weighted by Crippen LogP contribution is -2.24. The Bertz CT molecular complexity index is 1060. The Morgan fingerprint density at radius 3 is 2.29 bits per heavy atom. The van der Waals surface area contributed by atoms with Crippen molar-refractivity contribution in [1.29, 1.82) is 0 Å². The summed E-state index contributed by atoms with van der Waals surface area (Å²) in [6.45, 7) is 1.75. The summed E-state index contributed by atoms with van der Waals surface area (Å²) in [6, 6.07) is 20.9. The number of hydrogen-bond donors (Lipinski definition) is 1. The normalized spacial score (nSPS) is 10.5. The number of amides is 1. The van der Waals surface area contributed by atoms with E-state index < -0.39 is 11.9 Å². The summed E-state index contributed by atoms with van der Waals surface area (Å²) in [5.74, 6) is 0.591. The van der Waals surface area contributed by atoms with Gasteiger partial charge in [-0.05, 0) is 61.0 Å². The van der Waals surface area contributed by atoms with Gasteiger partial charge in [0.25, 0.3) is 5.91 Å². The van der Waals surface area contributed by atoms with Crippen LogP contribution < -0.4 is 19.6 Å². The van der Waals surface area contributed by atoms with Crippen LogP contribution in [-0.4, -0.2) is 31.8 Å². The van der Waals surface area contributed by atoms with Gasteiger partial charge in [0.1, 0.15) is 5.75 Å². The van der Waals surface area contributed by atoms with E-state index >= 15 is 0 Å². The molecule has 0 aliphatic carbocycles. The Morgan fingerprint density at radius 2 is 1.61 bits per heavy atom. The van der Waals surface area contributed by atoms with Crippen molar-refractivity contribution in [2.24, 2.45) is 5.10 Å². The number of aryl methyl sites for hydroxylation is 1. The molecule has 0 spiro atoms. The molecule has 1 amide bonds. The number of methoxy groups -OCH3 is 1. The molecule has 0 radical (unpaired) electrons. The average molecular weight is 418 g/mol. The van der Waals surface area contributed by atoms with Gasteiger partial charge in [-0.15, -0.1) is 0 Å². The van der Waals surface area contributed by atoms with Gasteiger partial charge in [-0.2, -0.15) is 5.10 Å². The fraction of sp³-hybridized carbons (Fsp3) is 0.125. The van der Waals surface area contributed by atoms with Crippen molar-refractivity contribution in [3.63, 3.8) is 0 Å². The molecule has 31 heavy (non-hydrogen) atoms. The molecule has 0 fully saturated rings. The highest BCUT2D eigenvalue weighted by Gasteiger charge is 2.08. The summed E-state index contributed by atoms with van der Waals surface area (Å²) >= 11 is 0. The maximum absolute atomic E-state index is 12.1. The third kappa shape index (κ3) is 6.43. The van der Waals surface area contributed by atoms with Gasteiger partial charge >= 0.3 is 5.97 Å². The predicted molar refractivity (Wildman–Crippen MR) is 117 cm³/mol. The molecule has 0 heterocycles. The first-order valence-corrected chi connectivity index (χ1v) is 9.52. The van der Waals surface area contributed by atoms with Gasteiger partial charge in [0.05, 0.1) is 18.9 Å². The second-order valence-electron chi connectivity index (χ2n) is 6.56. The monoisotopic (exact) mass is 418 g/mol. The Morgan fingerprint density at radius 1 is 0.935 bits per heavy atom. The van der Waals surface area contributed by atoms with Crippen LogP contribution in [0.2, 0.25) is 0 Å². The molecule has 7 nitrogen and oxygen atoms in total. The van der Waals surface area contributed by atoms with Crippen molar-refractivity contribution in [2.75, 3.05) is 13.7 Å². The van der Waals surface area contributed by atoms with Crippen LogP contribution in [0.3, 0.4) is 0 Å². The van der Waals surface area contributed by atoms with Gasteiger partial charge in [0.2, 0.25) is 0 Å². The highest BCUT2D eigenvalue weighted by atomic mass is 16.5. The highest BCUT2D eigenvalue weighted by molar-refractivity contribution is 5.91. The number of carbonyl (C=O) groups is 2. The molecular weight excluding hydrogens is 396 g/mol. The molecule has 3 aromatic rings. The largest absolute Gasteiger partial charge is 0.493 e. The van der Waals surface area contributed by atoms with Crippen LogP contribution in [0.25, 0.3) is 0 Å². The van der Waals surface area contributed by atoms with Crippen molar-refractivity contribution in [3.8, 4) is 17.2 Å². The van der Waals surface area contributed by atoms with E-state index in [0.29, 0.717) is 22.8 Å². The quantitative estimate of drug-likeness (QED) is 0.261. The predicted octanol–water partition coefficient (Wildman–Crippen LogP) is 3.75.